The molecular weight excluding hydrogens is 292 g/mol. The number of carbonyl (C=O) groups excluding carboxylic acids is 1. The van der Waals surface area contributed by atoms with Gasteiger partial charge in [0.1, 0.15) is 11.9 Å². The van der Waals surface area contributed by atoms with Crippen LogP contribution in [0.1, 0.15) is 30.5 Å². The zero-order valence-electron chi connectivity index (χ0n) is 14.2. The molecule has 0 saturated carbocycles. The Morgan fingerprint density at radius 3 is 2.74 bits per heavy atom. The first kappa shape index (κ1) is 16.0. The minimum atomic E-state index is -0.245. The Labute approximate surface area is 137 Å². The monoisotopic (exact) mass is 318 g/mol. The molecule has 23 heavy (non-hydrogen) atoms. The Morgan fingerprint density at radius 2 is 2.04 bits per heavy atom. The summed E-state index contributed by atoms with van der Waals surface area (Å²) in [7, 11) is 5.56. The molecule has 2 heterocycles. The molecule has 0 unspecified atom stereocenters. The lowest BCUT2D eigenvalue weighted by molar-refractivity contribution is -0.121. The Morgan fingerprint density at radius 1 is 1.30 bits per heavy atom. The van der Waals surface area contributed by atoms with Crippen molar-refractivity contribution in [2.45, 2.75) is 44.2 Å². The lowest BCUT2D eigenvalue weighted by Crippen LogP contribution is -2.43. The average Bonchev–Trinajstić information content (AvgIpc) is 2.94. The summed E-state index contributed by atoms with van der Waals surface area (Å²) in [6.45, 7) is 0.661. The predicted octanol–water partition coefficient (Wildman–Crippen LogP) is 0.0734. The van der Waals surface area contributed by atoms with Crippen molar-refractivity contribution in [3.8, 4) is 0 Å². The van der Waals surface area contributed by atoms with Gasteiger partial charge in [-0.05, 0) is 32.1 Å². The van der Waals surface area contributed by atoms with Gasteiger partial charge in [-0.1, -0.05) is 0 Å². The zero-order chi connectivity index (χ0) is 16.6. The standard InChI is InChI=1S/C16H26N6O/c1-18-15(23)13-8-10(17)9-22(13)14-11-6-4-5-7-12(11)19-16(20-14)21(2)3/h10,13H,4-9,17H2,1-3H3,(H,18,23)/t10-,13+/m1/s1. The molecule has 0 radical (unpaired) electrons. The highest BCUT2D eigenvalue weighted by Crippen LogP contribution is 2.33. The lowest BCUT2D eigenvalue weighted by Gasteiger charge is -2.30. The highest BCUT2D eigenvalue weighted by molar-refractivity contribution is 5.86. The van der Waals surface area contributed by atoms with Gasteiger partial charge in [-0.25, -0.2) is 4.98 Å². The van der Waals surface area contributed by atoms with E-state index in [1.807, 2.05) is 19.0 Å². The van der Waals surface area contributed by atoms with Crippen molar-refractivity contribution in [2.75, 3.05) is 37.5 Å². The highest BCUT2D eigenvalue weighted by atomic mass is 16.2. The van der Waals surface area contributed by atoms with Gasteiger partial charge in [0.15, 0.2) is 0 Å². The van der Waals surface area contributed by atoms with E-state index in [2.05, 4.69) is 10.2 Å². The van der Waals surface area contributed by atoms with Gasteiger partial charge in [0.25, 0.3) is 0 Å². The van der Waals surface area contributed by atoms with Gasteiger partial charge in [0, 0.05) is 39.3 Å². The number of hydrogen-bond donors (Lipinski definition) is 2. The quantitative estimate of drug-likeness (QED) is 0.820. The number of amides is 1. The maximum absolute atomic E-state index is 12.3. The van der Waals surface area contributed by atoms with Crippen LogP contribution in [0.3, 0.4) is 0 Å². The van der Waals surface area contributed by atoms with Gasteiger partial charge in [-0.15, -0.1) is 0 Å². The third kappa shape index (κ3) is 2.97. The molecule has 0 bridgehead atoms. The molecule has 0 aromatic carbocycles. The van der Waals surface area contributed by atoms with E-state index in [9.17, 15) is 4.79 Å². The molecule has 2 atom stereocenters. The fourth-order valence-electron chi connectivity index (χ4n) is 3.52. The summed E-state index contributed by atoms with van der Waals surface area (Å²) < 4.78 is 0. The first-order valence-corrected chi connectivity index (χ1v) is 8.32. The number of nitrogens with two attached hydrogens (primary N) is 1. The van der Waals surface area contributed by atoms with Crippen molar-refractivity contribution in [1.29, 1.82) is 0 Å². The summed E-state index contributed by atoms with van der Waals surface area (Å²) in [5.74, 6) is 1.62. The van der Waals surface area contributed by atoms with Crippen molar-refractivity contribution in [2.24, 2.45) is 5.73 Å². The number of rotatable bonds is 3. The summed E-state index contributed by atoms with van der Waals surface area (Å²) in [5.41, 5.74) is 8.47. The molecule has 3 N–H and O–H groups in total. The van der Waals surface area contributed by atoms with Gasteiger partial charge in [-0.2, -0.15) is 4.98 Å². The third-order valence-corrected chi connectivity index (χ3v) is 4.70. The molecule has 126 valence electrons. The van der Waals surface area contributed by atoms with Crippen LogP contribution in [0, 0.1) is 0 Å². The maximum atomic E-state index is 12.3. The second-order valence-electron chi connectivity index (χ2n) is 6.65. The summed E-state index contributed by atoms with van der Waals surface area (Å²) in [6.07, 6.45) is 4.93. The van der Waals surface area contributed by atoms with Crippen LogP contribution < -0.4 is 20.9 Å². The highest BCUT2D eigenvalue weighted by Gasteiger charge is 2.37. The van der Waals surface area contributed by atoms with Crippen LogP contribution in [0.5, 0.6) is 0 Å². The first-order valence-electron chi connectivity index (χ1n) is 8.32. The Balaban J connectivity index is 2.06. The van der Waals surface area contributed by atoms with Gasteiger partial charge in [0.2, 0.25) is 11.9 Å². The summed E-state index contributed by atoms with van der Waals surface area (Å²) in [5, 5.41) is 2.75. The number of hydrogen-bond acceptors (Lipinski definition) is 6. The molecule has 1 aliphatic carbocycles. The van der Waals surface area contributed by atoms with E-state index in [0.717, 1.165) is 37.2 Å². The van der Waals surface area contributed by atoms with Gasteiger partial charge < -0.3 is 20.9 Å². The number of aryl methyl sites for hydroxylation is 1. The van der Waals surface area contributed by atoms with Crippen molar-refractivity contribution in [3.05, 3.63) is 11.3 Å². The zero-order valence-corrected chi connectivity index (χ0v) is 14.2. The smallest absolute Gasteiger partial charge is 0.242 e. The van der Waals surface area contributed by atoms with Crippen LogP contribution in [-0.2, 0) is 17.6 Å². The molecule has 1 aromatic heterocycles. The van der Waals surface area contributed by atoms with Gasteiger partial charge in [-0.3, -0.25) is 4.79 Å². The predicted molar refractivity (Wildman–Crippen MR) is 90.8 cm³/mol. The SMILES string of the molecule is CNC(=O)[C@@H]1C[C@@H](N)CN1c1nc(N(C)C)nc2c1CCCC2. The summed E-state index contributed by atoms with van der Waals surface area (Å²) in [4.78, 5) is 25.8. The largest absolute Gasteiger partial charge is 0.357 e. The molecule has 2 aliphatic rings. The van der Waals surface area contributed by atoms with E-state index in [0.29, 0.717) is 18.9 Å². The normalized spacial score (nSPS) is 23.6. The molecule has 1 amide bonds. The van der Waals surface area contributed by atoms with Crippen LogP contribution in [0.4, 0.5) is 11.8 Å². The number of anilines is 2. The van der Waals surface area contributed by atoms with Crippen molar-refractivity contribution in [1.82, 2.24) is 15.3 Å². The Bertz CT molecular complexity index is 602. The molecule has 3 rings (SSSR count). The summed E-state index contributed by atoms with van der Waals surface area (Å²) >= 11 is 0. The van der Waals surface area contributed by atoms with E-state index in [-0.39, 0.29) is 18.0 Å². The fourth-order valence-corrected chi connectivity index (χ4v) is 3.52. The number of carbonyl (C=O) groups is 1. The van der Waals surface area contributed by atoms with E-state index in [1.54, 1.807) is 7.05 Å². The average molecular weight is 318 g/mol. The van der Waals surface area contributed by atoms with Crippen molar-refractivity contribution >= 4 is 17.7 Å². The number of aromatic nitrogens is 2. The molecule has 1 aliphatic heterocycles. The van der Waals surface area contributed by atoms with Crippen LogP contribution in [0.25, 0.3) is 0 Å². The number of nitrogens with one attached hydrogen (secondary N) is 1. The van der Waals surface area contributed by atoms with Crippen LogP contribution >= 0.6 is 0 Å². The molecule has 1 aromatic rings. The van der Waals surface area contributed by atoms with Crippen molar-refractivity contribution < 1.29 is 4.79 Å². The number of fused-ring (bicyclic) bond motifs is 1. The van der Waals surface area contributed by atoms with E-state index in [1.165, 1.54) is 5.56 Å². The molecule has 1 fully saturated rings. The van der Waals surface area contributed by atoms with E-state index in [4.69, 9.17) is 15.7 Å². The van der Waals surface area contributed by atoms with Crippen molar-refractivity contribution in [3.63, 3.8) is 0 Å². The molecule has 1 saturated heterocycles. The number of nitrogens with zero attached hydrogens (tertiary/aromatic N) is 4. The topological polar surface area (TPSA) is 87.4 Å². The first-order chi connectivity index (χ1) is 11.0. The minimum absolute atomic E-state index is 0.00527. The minimum Gasteiger partial charge on any atom is -0.357 e. The second kappa shape index (κ2) is 6.31. The summed E-state index contributed by atoms with van der Waals surface area (Å²) in [6, 6.07) is -0.250. The van der Waals surface area contributed by atoms with E-state index < -0.39 is 0 Å². The van der Waals surface area contributed by atoms with Crippen LogP contribution in [-0.4, -0.2) is 55.6 Å². The van der Waals surface area contributed by atoms with Crippen LogP contribution in [0.15, 0.2) is 0 Å². The lowest BCUT2D eigenvalue weighted by atomic mass is 9.96. The third-order valence-electron chi connectivity index (χ3n) is 4.70. The number of likely N-dealkylation sites (N-methyl/N-ethyl adjacent to an activating group) is 1. The fraction of sp³-hybridized carbons (Fsp3) is 0.688. The molecule has 7 heteroatoms. The van der Waals surface area contributed by atoms with Crippen LogP contribution in [0.2, 0.25) is 0 Å². The van der Waals surface area contributed by atoms with E-state index >= 15 is 0 Å². The Kier molecular flexibility index (Phi) is 4.39. The van der Waals surface area contributed by atoms with Gasteiger partial charge in [0.05, 0.1) is 5.69 Å². The Hall–Kier alpha value is -1.89. The maximum Gasteiger partial charge on any atom is 0.242 e. The van der Waals surface area contributed by atoms with Gasteiger partial charge >= 0.3 is 0 Å². The molecule has 0 spiro atoms. The molecule has 7 nitrogen and oxygen atoms in total. The molecular formula is C16H26N6O. The second-order valence-corrected chi connectivity index (χ2v) is 6.65.